The van der Waals surface area contributed by atoms with Crippen LogP contribution in [0.3, 0.4) is 0 Å². The smallest absolute Gasteiger partial charge is 0.160 e. The Kier molecular flexibility index (Phi) is 3.22. The van der Waals surface area contributed by atoms with Crippen LogP contribution in [-0.4, -0.2) is 9.97 Å². The summed E-state index contributed by atoms with van der Waals surface area (Å²) in [4.78, 5) is 8.20. The van der Waals surface area contributed by atoms with Crippen LogP contribution in [0.2, 0.25) is 0 Å². The quantitative estimate of drug-likeness (QED) is 0.790. The predicted molar refractivity (Wildman–Crippen MR) is 57.0 cm³/mol. The minimum Gasteiger partial charge on any atom is -0.391 e. The van der Waals surface area contributed by atoms with Gasteiger partial charge in [0.05, 0.1) is 5.00 Å². The van der Waals surface area contributed by atoms with Crippen molar-refractivity contribution in [2.24, 2.45) is 0 Å². The number of aromatic nitrogens is 2. The second kappa shape index (κ2) is 4.20. The molecule has 2 rings (SSSR count). The molecule has 0 radical (unpaired) electrons. The van der Waals surface area contributed by atoms with Crippen molar-refractivity contribution < 1.29 is 0 Å². The first-order valence-corrected chi connectivity index (χ1v) is 4.35. The standard InChI is InChI=1S/C8H7N3S.ClH/c9-7-4-6(5-12-7)8-10-2-1-3-11-8;/h1-5H,9H2;1H. The number of nitrogens with zero attached hydrogens (tertiary/aromatic N) is 2. The fourth-order valence-corrected chi connectivity index (χ4v) is 1.55. The first kappa shape index (κ1) is 9.95. The van der Waals surface area contributed by atoms with Crippen molar-refractivity contribution in [3.05, 3.63) is 29.9 Å². The molecule has 0 fully saturated rings. The van der Waals surface area contributed by atoms with Gasteiger partial charge >= 0.3 is 0 Å². The summed E-state index contributed by atoms with van der Waals surface area (Å²) in [5.74, 6) is 0.727. The summed E-state index contributed by atoms with van der Waals surface area (Å²) in [6, 6.07) is 3.67. The first-order chi connectivity index (χ1) is 5.86. The summed E-state index contributed by atoms with van der Waals surface area (Å²) in [6.45, 7) is 0. The van der Waals surface area contributed by atoms with Crippen LogP contribution < -0.4 is 5.73 Å². The van der Waals surface area contributed by atoms with Crippen molar-refractivity contribution in [3.8, 4) is 11.4 Å². The van der Waals surface area contributed by atoms with E-state index < -0.39 is 0 Å². The summed E-state index contributed by atoms with van der Waals surface area (Å²) in [7, 11) is 0. The molecule has 0 aliphatic heterocycles. The number of thiophene rings is 1. The molecule has 0 spiro atoms. The van der Waals surface area contributed by atoms with Gasteiger partial charge in [-0.05, 0) is 12.1 Å². The maximum Gasteiger partial charge on any atom is 0.160 e. The van der Waals surface area contributed by atoms with Crippen molar-refractivity contribution in [3.63, 3.8) is 0 Å². The van der Waals surface area contributed by atoms with Crippen LogP contribution in [0.4, 0.5) is 5.00 Å². The summed E-state index contributed by atoms with van der Waals surface area (Å²) in [5.41, 5.74) is 6.56. The third kappa shape index (κ3) is 2.17. The van der Waals surface area contributed by atoms with E-state index in [0.717, 1.165) is 16.4 Å². The van der Waals surface area contributed by atoms with E-state index >= 15 is 0 Å². The molecular weight excluding hydrogens is 206 g/mol. The molecule has 0 amide bonds. The minimum absolute atomic E-state index is 0. The molecule has 0 atom stereocenters. The van der Waals surface area contributed by atoms with Crippen LogP contribution >= 0.6 is 23.7 Å². The van der Waals surface area contributed by atoms with Crippen molar-refractivity contribution >= 4 is 28.7 Å². The maximum atomic E-state index is 5.58. The van der Waals surface area contributed by atoms with Gasteiger partial charge in [0.2, 0.25) is 0 Å². The van der Waals surface area contributed by atoms with E-state index in [1.165, 1.54) is 11.3 Å². The largest absolute Gasteiger partial charge is 0.391 e. The molecule has 0 unspecified atom stereocenters. The highest BCUT2D eigenvalue weighted by molar-refractivity contribution is 7.14. The zero-order chi connectivity index (χ0) is 8.39. The molecule has 2 N–H and O–H groups in total. The van der Waals surface area contributed by atoms with Gasteiger partial charge < -0.3 is 5.73 Å². The van der Waals surface area contributed by atoms with Gasteiger partial charge in [-0.25, -0.2) is 9.97 Å². The highest BCUT2D eigenvalue weighted by atomic mass is 35.5. The van der Waals surface area contributed by atoms with Crippen LogP contribution in [0, 0.1) is 0 Å². The van der Waals surface area contributed by atoms with E-state index in [-0.39, 0.29) is 12.4 Å². The second-order valence-electron chi connectivity index (χ2n) is 2.31. The zero-order valence-electron chi connectivity index (χ0n) is 6.68. The second-order valence-corrected chi connectivity index (χ2v) is 3.25. The molecular formula is C8H8ClN3S. The highest BCUT2D eigenvalue weighted by Gasteiger charge is 2.00. The van der Waals surface area contributed by atoms with Crippen LogP contribution in [0.15, 0.2) is 29.9 Å². The lowest BCUT2D eigenvalue weighted by atomic mass is 10.3. The van der Waals surface area contributed by atoms with Gasteiger partial charge in [0.1, 0.15) is 0 Å². The number of halogens is 1. The van der Waals surface area contributed by atoms with E-state index in [1.54, 1.807) is 18.5 Å². The van der Waals surface area contributed by atoms with E-state index in [9.17, 15) is 0 Å². The van der Waals surface area contributed by atoms with E-state index in [4.69, 9.17) is 5.73 Å². The molecule has 0 bridgehead atoms. The number of hydrogen-bond acceptors (Lipinski definition) is 4. The Hall–Kier alpha value is -1.13. The Labute approximate surface area is 86.1 Å². The number of rotatable bonds is 1. The van der Waals surface area contributed by atoms with Gasteiger partial charge in [-0.1, -0.05) is 0 Å². The van der Waals surface area contributed by atoms with Crippen LogP contribution in [0.5, 0.6) is 0 Å². The number of nitrogen functional groups attached to an aromatic ring is 1. The average molecular weight is 214 g/mol. The van der Waals surface area contributed by atoms with E-state index in [2.05, 4.69) is 9.97 Å². The topological polar surface area (TPSA) is 51.8 Å². The van der Waals surface area contributed by atoms with Crippen molar-refractivity contribution in [2.45, 2.75) is 0 Å². The van der Waals surface area contributed by atoms with Gasteiger partial charge in [-0.15, -0.1) is 23.7 Å². The fraction of sp³-hybridized carbons (Fsp3) is 0. The third-order valence-corrected chi connectivity index (χ3v) is 2.21. The fourth-order valence-electron chi connectivity index (χ4n) is 0.918. The lowest BCUT2D eigenvalue weighted by Crippen LogP contribution is -1.83. The summed E-state index contributed by atoms with van der Waals surface area (Å²) in [5, 5.41) is 2.74. The Morgan fingerprint density at radius 3 is 2.46 bits per heavy atom. The average Bonchev–Trinajstić information content (AvgIpc) is 2.54. The van der Waals surface area contributed by atoms with Crippen LogP contribution in [-0.2, 0) is 0 Å². The highest BCUT2D eigenvalue weighted by Crippen LogP contribution is 2.23. The van der Waals surface area contributed by atoms with Crippen molar-refractivity contribution in [1.82, 2.24) is 9.97 Å². The van der Waals surface area contributed by atoms with Gasteiger partial charge in [-0.2, -0.15) is 0 Å². The molecule has 2 aromatic heterocycles. The van der Waals surface area contributed by atoms with Gasteiger partial charge in [0.15, 0.2) is 5.82 Å². The molecule has 0 saturated carbocycles. The summed E-state index contributed by atoms with van der Waals surface area (Å²) >= 11 is 1.50. The van der Waals surface area contributed by atoms with Gasteiger partial charge in [0.25, 0.3) is 0 Å². The molecule has 0 saturated heterocycles. The molecule has 0 aliphatic rings. The summed E-state index contributed by atoms with van der Waals surface area (Å²) in [6.07, 6.45) is 3.44. The van der Waals surface area contributed by atoms with Crippen molar-refractivity contribution in [2.75, 3.05) is 5.73 Å². The molecule has 3 nitrogen and oxygen atoms in total. The van der Waals surface area contributed by atoms with E-state index in [1.807, 2.05) is 11.4 Å². The van der Waals surface area contributed by atoms with Crippen LogP contribution in [0.1, 0.15) is 0 Å². The molecule has 2 aromatic rings. The van der Waals surface area contributed by atoms with E-state index in [0.29, 0.717) is 0 Å². The van der Waals surface area contributed by atoms with Gasteiger partial charge in [-0.3, -0.25) is 0 Å². The monoisotopic (exact) mass is 213 g/mol. The maximum absolute atomic E-state index is 5.58. The Morgan fingerprint density at radius 1 is 1.23 bits per heavy atom. The molecule has 2 heterocycles. The normalized spacial score (nSPS) is 9.23. The number of nitrogens with two attached hydrogens (primary N) is 1. The molecule has 0 aliphatic carbocycles. The predicted octanol–water partition coefficient (Wildman–Crippen LogP) is 2.21. The molecule has 68 valence electrons. The van der Waals surface area contributed by atoms with Crippen LogP contribution in [0.25, 0.3) is 11.4 Å². The number of anilines is 1. The Bertz CT molecular complexity index is 374. The SMILES string of the molecule is Cl.Nc1cc(-c2ncccn2)cs1. The Morgan fingerprint density at radius 2 is 1.92 bits per heavy atom. The molecule has 5 heteroatoms. The van der Waals surface area contributed by atoms with Gasteiger partial charge in [0, 0.05) is 23.3 Å². The molecule has 13 heavy (non-hydrogen) atoms. The first-order valence-electron chi connectivity index (χ1n) is 3.47. The lowest BCUT2D eigenvalue weighted by molar-refractivity contribution is 1.18. The molecule has 0 aromatic carbocycles. The zero-order valence-corrected chi connectivity index (χ0v) is 8.31. The van der Waals surface area contributed by atoms with Crippen molar-refractivity contribution in [1.29, 1.82) is 0 Å². The minimum atomic E-state index is 0. The number of hydrogen-bond donors (Lipinski definition) is 1. The summed E-state index contributed by atoms with van der Waals surface area (Å²) < 4.78 is 0. The Balaban J connectivity index is 0.000000845. The lowest BCUT2D eigenvalue weighted by Gasteiger charge is -1.91. The third-order valence-electron chi connectivity index (χ3n) is 1.44.